The maximum atomic E-state index is 14.5. The Morgan fingerprint density at radius 3 is 2.53 bits per heavy atom. The number of nitrogens with zero attached hydrogens (tertiary/aromatic N) is 6. The third-order valence-corrected chi connectivity index (χ3v) is 7.57. The third-order valence-electron chi connectivity index (χ3n) is 7.57. The molecule has 2 saturated heterocycles. The molecule has 5 rings (SSSR count). The number of piperidine rings is 1. The molecular weight excluding hydrogens is 489 g/mol. The van der Waals surface area contributed by atoms with Crippen LogP contribution in [-0.2, 0) is 5.60 Å². The smallest absolute Gasteiger partial charge is 0.324 e. The van der Waals surface area contributed by atoms with Gasteiger partial charge in [-0.2, -0.15) is 4.98 Å². The Hall–Kier alpha value is -3.31. The van der Waals surface area contributed by atoms with E-state index in [0.717, 1.165) is 31.5 Å². The van der Waals surface area contributed by atoms with Gasteiger partial charge in [0.25, 0.3) is 0 Å². The SMILES string of the molecule is Cc1ccc(F)c(C2CN(c3ncc(OC(C)C4CCN(c5nc(C(C)(C)O)no5)CC4)cn3)CC2N)c1. The van der Waals surface area contributed by atoms with E-state index in [2.05, 4.69) is 27.0 Å². The molecule has 1 aromatic carbocycles. The zero-order valence-corrected chi connectivity index (χ0v) is 22.3. The van der Waals surface area contributed by atoms with Gasteiger partial charge in [-0.25, -0.2) is 14.4 Å². The van der Waals surface area contributed by atoms with Crippen molar-refractivity contribution in [3.05, 3.63) is 53.4 Å². The predicted octanol–water partition coefficient (Wildman–Crippen LogP) is 3.15. The summed E-state index contributed by atoms with van der Waals surface area (Å²) < 4.78 is 26.0. The number of aromatic nitrogens is 4. The first-order valence-electron chi connectivity index (χ1n) is 13.2. The summed E-state index contributed by atoms with van der Waals surface area (Å²) in [6.07, 6.45) is 5.18. The summed E-state index contributed by atoms with van der Waals surface area (Å²) in [5.41, 5.74) is 6.91. The molecule has 38 heavy (non-hydrogen) atoms. The molecule has 0 bridgehead atoms. The number of hydrogen-bond donors (Lipinski definition) is 2. The largest absolute Gasteiger partial charge is 0.487 e. The van der Waals surface area contributed by atoms with Gasteiger partial charge < -0.3 is 29.9 Å². The lowest BCUT2D eigenvalue weighted by Crippen LogP contribution is -2.39. The van der Waals surface area contributed by atoms with Gasteiger partial charge in [-0.3, -0.25) is 0 Å². The highest BCUT2D eigenvalue weighted by atomic mass is 19.1. The second-order valence-corrected chi connectivity index (χ2v) is 11.0. The minimum absolute atomic E-state index is 0.0184. The Morgan fingerprint density at radius 1 is 1.16 bits per heavy atom. The van der Waals surface area contributed by atoms with E-state index in [-0.39, 0.29) is 29.7 Å². The first kappa shape index (κ1) is 26.3. The molecule has 0 amide bonds. The lowest BCUT2D eigenvalue weighted by atomic mass is 9.92. The molecule has 2 aromatic heterocycles. The van der Waals surface area contributed by atoms with Crippen LogP contribution < -0.4 is 20.3 Å². The summed E-state index contributed by atoms with van der Waals surface area (Å²) in [5, 5.41) is 14.0. The highest BCUT2D eigenvalue weighted by Crippen LogP contribution is 2.32. The maximum Gasteiger partial charge on any atom is 0.324 e. The summed E-state index contributed by atoms with van der Waals surface area (Å²) in [4.78, 5) is 17.4. The number of aryl methyl sites for hydroxylation is 1. The lowest BCUT2D eigenvalue weighted by molar-refractivity contribution is 0.0661. The van der Waals surface area contributed by atoms with Crippen molar-refractivity contribution in [2.24, 2.45) is 11.7 Å². The molecule has 10 nitrogen and oxygen atoms in total. The van der Waals surface area contributed by atoms with Crippen LogP contribution in [0.2, 0.25) is 0 Å². The van der Waals surface area contributed by atoms with Crippen LogP contribution in [0.3, 0.4) is 0 Å². The molecule has 0 aliphatic carbocycles. The van der Waals surface area contributed by atoms with Gasteiger partial charge >= 0.3 is 6.01 Å². The van der Waals surface area contributed by atoms with E-state index in [9.17, 15) is 9.50 Å². The molecule has 3 unspecified atom stereocenters. The number of anilines is 2. The summed E-state index contributed by atoms with van der Waals surface area (Å²) in [6.45, 7) is 9.93. The fourth-order valence-electron chi connectivity index (χ4n) is 5.27. The molecular formula is C27H36FN7O3. The van der Waals surface area contributed by atoms with Gasteiger partial charge in [0, 0.05) is 38.1 Å². The van der Waals surface area contributed by atoms with Crippen LogP contribution in [0, 0.1) is 18.7 Å². The van der Waals surface area contributed by atoms with Crippen LogP contribution in [0.1, 0.15) is 56.5 Å². The molecule has 3 aromatic rings. The van der Waals surface area contributed by atoms with E-state index in [0.29, 0.717) is 42.3 Å². The number of ether oxygens (including phenoxy) is 1. The molecule has 0 radical (unpaired) electrons. The van der Waals surface area contributed by atoms with Crippen LogP contribution >= 0.6 is 0 Å². The van der Waals surface area contributed by atoms with Gasteiger partial charge in [0.1, 0.15) is 11.4 Å². The summed E-state index contributed by atoms with van der Waals surface area (Å²) in [5.74, 6) is 1.47. The Labute approximate surface area is 222 Å². The van der Waals surface area contributed by atoms with Crippen molar-refractivity contribution in [3.63, 3.8) is 0 Å². The summed E-state index contributed by atoms with van der Waals surface area (Å²) in [7, 11) is 0. The van der Waals surface area contributed by atoms with Crippen LogP contribution in [0.25, 0.3) is 0 Å². The number of halogens is 1. The van der Waals surface area contributed by atoms with E-state index in [1.807, 2.05) is 22.8 Å². The monoisotopic (exact) mass is 525 g/mol. The fourth-order valence-corrected chi connectivity index (χ4v) is 5.27. The zero-order valence-electron chi connectivity index (χ0n) is 22.3. The molecule has 3 atom stereocenters. The molecule has 4 heterocycles. The number of hydrogen-bond acceptors (Lipinski definition) is 10. The first-order valence-corrected chi connectivity index (χ1v) is 13.2. The van der Waals surface area contributed by atoms with Crippen LogP contribution in [0.4, 0.5) is 16.4 Å². The molecule has 3 N–H and O–H groups in total. The normalized spacial score (nSPS) is 21.7. The van der Waals surface area contributed by atoms with Gasteiger partial charge in [-0.05, 0) is 58.1 Å². The second-order valence-electron chi connectivity index (χ2n) is 11.0. The van der Waals surface area contributed by atoms with E-state index in [1.54, 1.807) is 32.3 Å². The van der Waals surface area contributed by atoms with E-state index < -0.39 is 5.60 Å². The van der Waals surface area contributed by atoms with Gasteiger partial charge in [0.2, 0.25) is 11.8 Å². The van der Waals surface area contributed by atoms with Crippen molar-refractivity contribution in [2.45, 2.75) is 64.2 Å². The average Bonchev–Trinajstić information content (AvgIpc) is 3.54. The number of nitrogens with two attached hydrogens (primary N) is 1. The van der Waals surface area contributed by atoms with Gasteiger partial charge in [0.05, 0.1) is 18.5 Å². The molecule has 11 heteroatoms. The standard InChI is InChI=1S/C27H36FN7O3/c1-16-5-6-22(28)20(11-16)21-14-35(15-23(21)29)25-30-12-19(13-31-25)37-17(2)18-7-9-34(10-8-18)26-32-24(33-38-26)27(3,4)36/h5-6,11-13,17-18,21,23,36H,7-10,14-15,29H2,1-4H3. The first-order chi connectivity index (χ1) is 18.1. The molecule has 2 aliphatic rings. The van der Waals surface area contributed by atoms with E-state index in [1.165, 1.54) is 6.07 Å². The lowest BCUT2D eigenvalue weighted by Gasteiger charge is -2.33. The molecule has 0 saturated carbocycles. The van der Waals surface area contributed by atoms with Gasteiger partial charge in [0.15, 0.2) is 5.75 Å². The Balaban J connectivity index is 1.14. The average molecular weight is 526 g/mol. The summed E-state index contributed by atoms with van der Waals surface area (Å²) in [6, 6.07) is 5.39. The van der Waals surface area contributed by atoms with Crippen molar-refractivity contribution in [2.75, 3.05) is 36.0 Å². The van der Waals surface area contributed by atoms with Crippen LogP contribution in [-0.4, -0.2) is 63.5 Å². The Morgan fingerprint density at radius 2 is 1.87 bits per heavy atom. The molecule has 2 aliphatic heterocycles. The minimum atomic E-state index is -1.14. The van der Waals surface area contributed by atoms with E-state index in [4.69, 9.17) is 15.0 Å². The van der Waals surface area contributed by atoms with Crippen molar-refractivity contribution in [1.82, 2.24) is 20.1 Å². The van der Waals surface area contributed by atoms with Crippen molar-refractivity contribution < 1.29 is 18.8 Å². The molecule has 0 spiro atoms. The maximum absolute atomic E-state index is 14.5. The predicted molar refractivity (Wildman–Crippen MR) is 141 cm³/mol. The third kappa shape index (κ3) is 5.58. The topological polar surface area (TPSA) is 127 Å². The quantitative estimate of drug-likeness (QED) is 0.475. The van der Waals surface area contributed by atoms with Crippen LogP contribution in [0.15, 0.2) is 35.1 Å². The van der Waals surface area contributed by atoms with Gasteiger partial charge in [-0.1, -0.05) is 22.9 Å². The number of benzene rings is 1. The highest BCUT2D eigenvalue weighted by molar-refractivity contribution is 5.39. The second kappa shape index (κ2) is 10.5. The molecule has 204 valence electrons. The van der Waals surface area contributed by atoms with E-state index >= 15 is 0 Å². The molecule has 2 fully saturated rings. The Kier molecular flexibility index (Phi) is 7.23. The number of rotatable bonds is 7. The Bertz CT molecular complexity index is 1240. The summed E-state index contributed by atoms with van der Waals surface area (Å²) >= 11 is 0. The fraction of sp³-hybridized carbons (Fsp3) is 0.556. The van der Waals surface area contributed by atoms with Crippen molar-refractivity contribution in [1.29, 1.82) is 0 Å². The highest BCUT2D eigenvalue weighted by Gasteiger charge is 2.34. The van der Waals surface area contributed by atoms with Crippen LogP contribution in [0.5, 0.6) is 5.75 Å². The minimum Gasteiger partial charge on any atom is -0.487 e. The number of aliphatic hydroxyl groups is 1. The zero-order chi connectivity index (χ0) is 27.0. The van der Waals surface area contributed by atoms with Crippen molar-refractivity contribution in [3.8, 4) is 5.75 Å². The van der Waals surface area contributed by atoms with Gasteiger partial charge in [-0.15, -0.1) is 0 Å². The van der Waals surface area contributed by atoms with Crippen molar-refractivity contribution >= 4 is 12.0 Å².